The number of Topliss-reactive ketones (excluding diaryl/α,β-unsaturated/α-hetero) is 1. The molecule has 222 valence electrons. The number of aromatic nitrogens is 1. The first-order chi connectivity index (χ1) is 19.3. The maximum atomic E-state index is 12.7. The molecule has 0 aliphatic carbocycles. The molecule has 1 aromatic heterocycles. The van der Waals surface area contributed by atoms with E-state index in [-0.39, 0.29) is 59.6 Å². The summed E-state index contributed by atoms with van der Waals surface area (Å²) < 4.78 is 17.0. The zero-order chi connectivity index (χ0) is 30.5. The van der Waals surface area contributed by atoms with Crippen molar-refractivity contribution >= 4 is 29.3 Å². The average molecular weight is 571 g/mol. The van der Waals surface area contributed by atoms with Gasteiger partial charge in [-0.25, -0.2) is 4.39 Å². The van der Waals surface area contributed by atoms with Crippen LogP contribution in [0.5, 0.6) is 0 Å². The lowest BCUT2D eigenvalue weighted by Gasteiger charge is -2.21. The van der Waals surface area contributed by atoms with Gasteiger partial charge < -0.3 is 20.5 Å². The minimum Gasteiger partial charge on any atom is -0.361 e. The largest absolute Gasteiger partial charge is 0.361 e. The second-order valence-corrected chi connectivity index (χ2v) is 10.4. The van der Waals surface area contributed by atoms with Crippen LogP contribution >= 0.6 is 0 Å². The van der Waals surface area contributed by atoms with Gasteiger partial charge in [0.15, 0.2) is 17.3 Å². The highest BCUT2D eigenvalue weighted by Gasteiger charge is 2.28. The van der Waals surface area contributed by atoms with Crippen LogP contribution in [0.4, 0.5) is 4.39 Å². The van der Waals surface area contributed by atoms with Gasteiger partial charge >= 0.3 is 0 Å². The number of benzene rings is 1. The van der Waals surface area contributed by atoms with E-state index in [0.717, 1.165) is 5.56 Å². The Labute approximate surface area is 239 Å². The van der Waals surface area contributed by atoms with Crippen LogP contribution in [0, 0.1) is 31.5 Å². The van der Waals surface area contributed by atoms with Crippen molar-refractivity contribution < 1.29 is 32.9 Å². The summed E-state index contributed by atoms with van der Waals surface area (Å²) in [6.45, 7) is 9.17. The van der Waals surface area contributed by atoms with Crippen LogP contribution in [-0.2, 0) is 19.2 Å². The number of hydrogen-bond donors (Lipinski definition) is 3. The van der Waals surface area contributed by atoms with E-state index < -0.39 is 18.0 Å². The normalized spacial score (nSPS) is 16.0. The predicted molar refractivity (Wildman–Crippen MR) is 150 cm³/mol. The van der Waals surface area contributed by atoms with Crippen LogP contribution in [0.3, 0.4) is 0 Å². The number of allylic oxidation sites excluding steroid dienone is 1. The van der Waals surface area contributed by atoms with Crippen molar-refractivity contribution in [3.05, 3.63) is 65.3 Å². The van der Waals surface area contributed by atoms with Gasteiger partial charge in [0.05, 0.1) is 6.04 Å². The second-order valence-electron chi connectivity index (χ2n) is 10.4. The van der Waals surface area contributed by atoms with Gasteiger partial charge in [-0.2, -0.15) is 0 Å². The number of hydrogen-bond acceptors (Lipinski definition) is 7. The zero-order valence-electron chi connectivity index (χ0n) is 24.2. The van der Waals surface area contributed by atoms with Crippen molar-refractivity contribution in [3.8, 4) is 0 Å². The molecule has 0 spiro atoms. The number of rotatable bonds is 12. The molecule has 0 radical (unpaired) electrons. The topological polar surface area (TPSA) is 147 Å². The molecular weight excluding hydrogens is 531 g/mol. The smallest absolute Gasteiger partial charge is 0.274 e. The summed E-state index contributed by atoms with van der Waals surface area (Å²) in [5.74, 6) is -1.54. The molecule has 10 nitrogen and oxygen atoms in total. The molecule has 3 atom stereocenters. The Kier molecular flexibility index (Phi) is 13.1. The summed E-state index contributed by atoms with van der Waals surface area (Å²) in [5.41, 5.74) is 1.17. The van der Waals surface area contributed by atoms with Crippen molar-refractivity contribution in [1.29, 1.82) is 0 Å². The monoisotopic (exact) mass is 570 g/mol. The Bertz CT molecular complexity index is 1220. The molecule has 1 aliphatic rings. The van der Waals surface area contributed by atoms with Crippen molar-refractivity contribution in [2.24, 2.45) is 11.8 Å². The van der Waals surface area contributed by atoms with E-state index in [1.165, 1.54) is 31.2 Å². The number of carbonyl (C=O) groups is 5. The van der Waals surface area contributed by atoms with E-state index in [0.29, 0.717) is 25.1 Å². The van der Waals surface area contributed by atoms with Gasteiger partial charge in [0.2, 0.25) is 11.8 Å². The highest BCUT2D eigenvalue weighted by atomic mass is 19.1. The minimum absolute atomic E-state index is 0.0696. The van der Waals surface area contributed by atoms with Gasteiger partial charge in [0.25, 0.3) is 5.91 Å². The summed E-state index contributed by atoms with van der Waals surface area (Å²) >= 11 is 0. The van der Waals surface area contributed by atoms with Gasteiger partial charge in [0, 0.05) is 37.4 Å². The fourth-order valence-corrected chi connectivity index (χ4v) is 4.13. The quantitative estimate of drug-likeness (QED) is 0.332. The van der Waals surface area contributed by atoms with Crippen molar-refractivity contribution in [3.63, 3.8) is 0 Å². The summed E-state index contributed by atoms with van der Waals surface area (Å²) in [4.78, 5) is 60.8. The second kappa shape index (κ2) is 16.2. The Hall–Kier alpha value is -4.15. The van der Waals surface area contributed by atoms with Gasteiger partial charge in [-0.3, -0.25) is 24.0 Å². The zero-order valence-corrected chi connectivity index (χ0v) is 24.2. The van der Waals surface area contributed by atoms with Crippen LogP contribution in [0.1, 0.15) is 68.3 Å². The molecule has 3 unspecified atom stereocenters. The first kappa shape index (κ1) is 33.1. The summed E-state index contributed by atoms with van der Waals surface area (Å²) in [6, 6.07) is 6.60. The Morgan fingerprint density at radius 2 is 1.80 bits per heavy atom. The fraction of sp³-hybridized carbons (Fsp3) is 0.467. The van der Waals surface area contributed by atoms with Crippen LogP contribution < -0.4 is 16.0 Å². The number of nitrogens with zero attached hydrogens (tertiary/aromatic N) is 1. The summed E-state index contributed by atoms with van der Waals surface area (Å²) in [5, 5.41) is 11.9. The van der Waals surface area contributed by atoms with Crippen molar-refractivity contribution in [2.75, 3.05) is 6.54 Å². The molecule has 1 aliphatic heterocycles. The van der Waals surface area contributed by atoms with Crippen LogP contribution in [0.2, 0.25) is 0 Å². The lowest BCUT2D eigenvalue weighted by atomic mass is 9.96. The Morgan fingerprint density at radius 1 is 1.12 bits per heavy atom. The van der Waals surface area contributed by atoms with Crippen molar-refractivity contribution in [2.45, 2.75) is 72.4 Å². The van der Waals surface area contributed by atoms with Crippen LogP contribution in [-0.4, -0.2) is 53.1 Å². The molecule has 3 amide bonds. The molecule has 3 rings (SSSR count). The first-order valence-electron chi connectivity index (χ1n) is 13.6. The van der Waals surface area contributed by atoms with Gasteiger partial charge in [0.1, 0.15) is 11.6 Å². The fourth-order valence-electron chi connectivity index (χ4n) is 4.13. The molecule has 41 heavy (non-hydrogen) atoms. The minimum atomic E-state index is -0.780. The van der Waals surface area contributed by atoms with Gasteiger partial charge in [-0.05, 0) is 57.7 Å². The van der Waals surface area contributed by atoms with Gasteiger partial charge in [-0.1, -0.05) is 42.8 Å². The number of aryl methyl sites for hydroxylation is 2. The SMILES string of the molecule is CC(=O)/C=C/C(CC1CCNC1=O)NC(=O)CCC(=O)C(NC(=O)c1cc(C)on1)C(C)C.Cc1ccc(F)cc1. The van der Waals surface area contributed by atoms with E-state index in [1.54, 1.807) is 39.0 Å². The van der Waals surface area contributed by atoms with E-state index in [4.69, 9.17) is 4.52 Å². The summed E-state index contributed by atoms with van der Waals surface area (Å²) in [7, 11) is 0. The van der Waals surface area contributed by atoms with Gasteiger partial charge in [-0.15, -0.1) is 0 Å². The molecule has 1 fully saturated rings. The molecule has 1 aromatic carbocycles. The van der Waals surface area contributed by atoms with Crippen LogP contribution in [0.25, 0.3) is 0 Å². The maximum Gasteiger partial charge on any atom is 0.274 e. The first-order valence-corrected chi connectivity index (χ1v) is 13.6. The lowest BCUT2D eigenvalue weighted by molar-refractivity contribution is -0.127. The molecule has 2 aromatic rings. The number of ketones is 2. The van der Waals surface area contributed by atoms with E-state index in [2.05, 4.69) is 21.1 Å². The number of carbonyl (C=O) groups excluding carboxylic acids is 5. The lowest BCUT2D eigenvalue weighted by Crippen LogP contribution is -2.45. The number of nitrogens with one attached hydrogen (secondary N) is 3. The number of amides is 3. The third kappa shape index (κ3) is 11.9. The molecule has 0 saturated carbocycles. The average Bonchev–Trinajstić information content (AvgIpc) is 3.53. The third-order valence-electron chi connectivity index (χ3n) is 6.38. The molecule has 0 bridgehead atoms. The highest BCUT2D eigenvalue weighted by molar-refractivity contribution is 5.97. The summed E-state index contributed by atoms with van der Waals surface area (Å²) in [6.07, 6.45) is 3.82. The molecule has 3 N–H and O–H groups in total. The standard InChI is InChI=1S/C23H32N4O6.C7H7F/c1-13(2)21(26-23(32)18-11-15(4)33-27-18)19(29)7-8-20(30)25-17(6-5-14(3)28)12-16-9-10-24-22(16)31;1-6-2-4-7(8)5-3-6/h5-6,11,13,16-17,21H,7-10,12H2,1-4H3,(H,24,31)(H,25,30)(H,26,32);2-5H,1H3/b6-5+;. The maximum absolute atomic E-state index is 12.7. The Morgan fingerprint density at radius 3 is 2.32 bits per heavy atom. The Balaban J connectivity index is 0.000000629. The molecule has 1 saturated heterocycles. The third-order valence-corrected chi connectivity index (χ3v) is 6.38. The predicted octanol–water partition coefficient (Wildman–Crippen LogP) is 3.38. The van der Waals surface area contributed by atoms with Crippen LogP contribution in [0.15, 0.2) is 47.0 Å². The molecule has 11 heteroatoms. The molecule has 2 heterocycles. The van der Waals surface area contributed by atoms with Crippen molar-refractivity contribution in [1.82, 2.24) is 21.1 Å². The van der Waals surface area contributed by atoms with E-state index in [9.17, 15) is 28.4 Å². The highest BCUT2D eigenvalue weighted by Crippen LogP contribution is 2.17. The number of halogens is 1. The van der Waals surface area contributed by atoms with E-state index >= 15 is 0 Å². The molecular formula is C30H39FN4O6. The van der Waals surface area contributed by atoms with E-state index in [1.807, 2.05) is 6.92 Å².